The molecule has 9 heteroatoms. The Morgan fingerprint density at radius 1 is 1.15 bits per heavy atom. The molecule has 1 aromatic rings. The van der Waals surface area contributed by atoms with Crippen LogP contribution in [0, 0.1) is 17.8 Å². The first kappa shape index (κ1) is 26.6. The lowest BCUT2D eigenvalue weighted by Crippen LogP contribution is -2.50. The van der Waals surface area contributed by atoms with Gasteiger partial charge in [0.05, 0.1) is 4.90 Å². The summed E-state index contributed by atoms with van der Waals surface area (Å²) in [5, 5.41) is 2.92. The Hall–Kier alpha value is -1.97. The van der Waals surface area contributed by atoms with Crippen molar-refractivity contribution in [2.45, 2.75) is 64.8 Å². The van der Waals surface area contributed by atoms with Gasteiger partial charge in [-0.05, 0) is 67.3 Å². The monoisotopic (exact) mass is 492 g/mol. The molecule has 8 nitrogen and oxygen atoms in total. The second-order valence-electron chi connectivity index (χ2n) is 10.4. The molecule has 1 saturated heterocycles. The highest BCUT2D eigenvalue weighted by Gasteiger charge is 2.30. The third kappa shape index (κ3) is 6.58. The summed E-state index contributed by atoms with van der Waals surface area (Å²) >= 11 is 0. The van der Waals surface area contributed by atoms with Crippen LogP contribution < -0.4 is 14.9 Å². The number of likely N-dealkylation sites (tertiary alicyclic amines) is 1. The highest BCUT2D eigenvalue weighted by molar-refractivity contribution is 7.89. The van der Waals surface area contributed by atoms with E-state index in [9.17, 15) is 18.0 Å². The van der Waals surface area contributed by atoms with Crippen molar-refractivity contribution in [1.29, 1.82) is 0 Å². The van der Waals surface area contributed by atoms with Crippen LogP contribution in [-0.4, -0.2) is 63.9 Å². The van der Waals surface area contributed by atoms with Gasteiger partial charge in [-0.2, -0.15) is 4.72 Å². The minimum Gasteiger partial charge on any atom is -0.355 e. The van der Waals surface area contributed by atoms with Gasteiger partial charge in [0.2, 0.25) is 21.8 Å². The molecule has 2 aliphatic heterocycles. The maximum absolute atomic E-state index is 13.1. The molecule has 0 aromatic heterocycles. The van der Waals surface area contributed by atoms with Gasteiger partial charge in [0.15, 0.2) is 0 Å². The Morgan fingerprint density at radius 3 is 2.44 bits per heavy atom. The molecule has 0 radical (unpaired) electrons. The van der Waals surface area contributed by atoms with Crippen LogP contribution in [0.1, 0.15) is 53.0 Å². The number of nitrogens with zero attached hydrogens (tertiary/aromatic N) is 2. The summed E-state index contributed by atoms with van der Waals surface area (Å²) in [5.74, 6) is 0.822. The second kappa shape index (κ2) is 11.2. The molecular formula is C25H40N4O4S. The maximum atomic E-state index is 13.1. The molecule has 0 aliphatic carbocycles. The quantitative estimate of drug-likeness (QED) is 0.516. The average Bonchev–Trinajstić information content (AvgIpc) is 3.18. The largest absolute Gasteiger partial charge is 0.355 e. The van der Waals surface area contributed by atoms with Crippen LogP contribution in [0.4, 0.5) is 5.69 Å². The van der Waals surface area contributed by atoms with Gasteiger partial charge >= 0.3 is 0 Å². The summed E-state index contributed by atoms with van der Waals surface area (Å²) in [5.41, 5.74) is 1.58. The number of carbonyl (C=O) groups excluding carboxylic acids is 2. The first-order valence-electron chi connectivity index (χ1n) is 12.4. The van der Waals surface area contributed by atoms with E-state index in [1.54, 1.807) is 17.0 Å². The van der Waals surface area contributed by atoms with Gasteiger partial charge in [0.25, 0.3) is 0 Å². The number of benzene rings is 1. The van der Waals surface area contributed by atoms with Crippen molar-refractivity contribution in [3.8, 4) is 0 Å². The molecule has 1 fully saturated rings. The molecule has 1 aromatic carbocycles. The van der Waals surface area contributed by atoms with E-state index in [1.807, 2.05) is 13.8 Å². The molecule has 2 heterocycles. The van der Waals surface area contributed by atoms with E-state index in [0.717, 1.165) is 37.3 Å². The van der Waals surface area contributed by atoms with Crippen molar-refractivity contribution in [2.24, 2.45) is 17.8 Å². The van der Waals surface area contributed by atoms with Crippen LogP contribution in [0.2, 0.25) is 0 Å². The molecule has 0 unspecified atom stereocenters. The van der Waals surface area contributed by atoms with Crippen molar-refractivity contribution in [3.63, 3.8) is 0 Å². The number of hydrogen-bond donors (Lipinski definition) is 2. The maximum Gasteiger partial charge on any atom is 0.241 e. The lowest BCUT2D eigenvalue weighted by molar-refractivity contribution is -0.123. The number of rotatable bonds is 9. The third-order valence-corrected chi connectivity index (χ3v) is 8.20. The summed E-state index contributed by atoms with van der Waals surface area (Å²) in [6.07, 6.45) is 2.71. The Balaban J connectivity index is 1.57. The zero-order chi connectivity index (χ0) is 25.0. The number of nitrogens with one attached hydrogen (secondary N) is 2. The van der Waals surface area contributed by atoms with E-state index in [1.165, 1.54) is 19.4 Å². The zero-order valence-electron chi connectivity index (χ0n) is 21.1. The third-order valence-electron chi connectivity index (χ3n) is 6.76. The zero-order valence-corrected chi connectivity index (χ0v) is 22.0. The molecule has 34 heavy (non-hydrogen) atoms. The Kier molecular flexibility index (Phi) is 8.76. The molecule has 2 aliphatic rings. The van der Waals surface area contributed by atoms with E-state index in [0.29, 0.717) is 31.3 Å². The fourth-order valence-electron chi connectivity index (χ4n) is 5.20. The lowest BCUT2D eigenvalue weighted by Gasteiger charge is -2.35. The van der Waals surface area contributed by atoms with E-state index in [-0.39, 0.29) is 22.6 Å². The standard InChI is InChI=1S/C25H40N4O4S/c1-17(2)24(25(31)26-10-6-11-28-15-18(3)13-19(4)16-28)27-34(32,33)22-7-8-23-21(14-22)9-12-29(23)20(5)30/h7-8,14,17-19,24,27H,6,9-13,15-16H2,1-5H3,(H,26,31)/t18-,19+,24-/m1/s1. The summed E-state index contributed by atoms with van der Waals surface area (Å²) in [7, 11) is -3.89. The van der Waals surface area contributed by atoms with Crippen LogP contribution in [-0.2, 0) is 26.0 Å². The molecule has 190 valence electrons. The number of anilines is 1. The van der Waals surface area contributed by atoms with Crippen LogP contribution in [0.3, 0.4) is 0 Å². The molecule has 0 bridgehead atoms. The number of piperidine rings is 1. The van der Waals surface area contributed by atoms with E-state index < -0.39 is 16.1 Å². The predicted octanol–water partition coefficient (Wildman–Crippen LogP) is 2.38. The van der Waals surface area contributed by atoms with Crippen LogP contribution >= 0.6 is 0 Å². The fourth-order valence-corrected chi connectivity index (χ4v) is 6.59. The lowest BCUT2D eigenvalue weighted by atomic mass is 9.92. The summed E-state index contributed by atoms with van der Waals surface area (Å²) in [4.78, 5) is 28.8. The molecule has 2 amide bonds. The van der Waals surface area contributed by atoms with Gasteiger partial charge in [-0.15, -0.1) is 0 Å². The topological polar surface area (TPSA) is 98.8 Å². The number of sulfonamides is 1. The van der Waals surface area contributed by atoms with Crippen molar-refractivity contribution < 1.29 is 18.0 Å². The highest BCUT2D eigenvalue weighted by Crippen LogP contribution is 2.30. The summed E-state index contributed by atoms with van der Waals surface area (Å²) < 4.78 is 28.8. The van der Waals surface area contributed by atoms with Crippen LogP contribution in [0.5, 0.6) is 0 Å². The Labute approximate surface area is 204 Å². The first-order chi connectivity index (χ1) is 16.0. The fraction of sp³-hybridized carbons (Fsp3) is 0.680. The predicted molar refractivity (Wildman–Crippen MR) is 134 cm³/mol. The molecule has 2 N–H and O–H groups in total. The minimum absolute atomic E-state index is 0.0617. The van der Waals surface area contributed by atoms with E-state index >= 15 is 0 Å². The van der Waals surface area contributed by atoms with Crippen LogP contribution in [0.15, 0.2) is 23.1 Å². The van der Waals surface area contributed by atoms with Gasteiger partial charge in [0.1, 0.15) is 6.04 Å². The number of carbonyl (C=O) groups is 2. The first-order valence-corrected chi connectivity index (χ1v) is 13.9. The number of hydrogen-bond acceptors (Lipinski definition) is 5. The van der Waals surface area contributed by atoms with Gasteiger partial charge in [-0.25, -0.2) is 8.42 Å². The van der Waals surface area contributed by atoms with Crippen molar-refractivity contribution in [1.82, 2.24) is 14.9 Å². The Morgan fingerprint density at radius 2 is 1.82 bits per heavy atom. The van der Waals surface area contributed by atoms with Gasteiger partial charge in [0, 0.05) is 38.8 Å². The SMILES string of the molecule is CC(=O)N1CCc2cc(S(=O)(=O)N[C@@H](C(=O)NCCCN3C[C@H](C)C[C@H](C)C3)C(C)C)ccc21. The molecule has 0 spiro atoms. The smallest absolute Gasteiger partial charge is 0.241 e. The van der Waals surface area contributed by atoms with E-state index in [2.05, 4.69) is 28.8 Å². The molecule has 0 saturated carbocycles. The molecule has 3 atom stereocenters. The highest BCUT2D eigenvalue weighted by atomic mass is 32.2. The van der Waals surface area contributed by atoms with Gasteiger partial charge in [-0.1, -0.05) is 27.7 Å². The van der Waals surface area contributed by atoms with Crippen molar-refractivity contribution in [2.75, 3.05) is 37.6 Å². The van der Waals surface area contributed by atoms with Crippen molar-refractivity contribution >= 4 is 27.5 Å². The normalized spacial score (nSPS) is 22.0. The van der Waals surface area contributed by atoms with Crippen molar-refractivity contribution in [3.05, 3.63) is 23.8 Å². The van der Waals surface area contributed by atoms with E-state index in [4.69, 9.17) is 0 Å². The van der Waals surface area contributed by atoms with Crippen LogP contribution in [0.25, 0.3) is 0 Å². The average molecular weight is 493 g/mol. The number of fused-ring (bicyclic) bond motifs is 1. The second-order valence-corrected chi connectivity index (χ2v) is 12.1. The van der Waals surface area contributed by atoms with Gasteiger partial charge in [-0.3, -0.25) is 9.59 Å². The number of amides is 2. The Bertz CT molecular complexity index is 985. The summed E-state index contributed by atoms with van der Waals surface area (Å²) in [6, 6.07) is 3.92. The summed E-state index contributed by atoms with van der Waals surface area (Å²) in [6.45, 7) is 13.9. The molecular weight excluding hydrogens is 452 g/mol. The minimum atomic E-state index is -3.89. The molecule has 3 rings (SSSR count). The van der Waals surface area contributed by atoms with Gasteiger partial charge < -0.3 is 15.1 Å².